The van der Waals surface area contributed by atoms with E-state index in [-0.39, 0.29) is 16.9 Å². The van der Waals surface area contributed by atoms with Crippen molar-refractivity contribution < 1.29 is 18.4 Å². The van der Waals surface area contributed by atoms with E-state index in [0.29, 0.717) is 23.5 Å². The fourth-order valence-corrected chi connectivity index (χ4v) is 5.32. The molecule has 0 saturated heterocycles. The smallest absolute Gasteiger partial charge is 0.273 e. The van der Waals surface area contributed by atoms with Crippen LogP contribution in [0.5, 0.6) is 0 Å². The summed E-state index contributed by atoms with van der Waals surface area (Å²) in [5.74, 6) is -0.313. The lowest BCUT2D eigenvalue weighted by molar-refractivity contribution is -0.110. The molecule has 0 fully saturated rings. The van der Waals surface area contributed by atoms with Crippen LogP contribution in [0.1, 0.15) is 40.5 Å². The highest BCUT2D eigenvalue weighted by molar-refractivity contribution is 8.01. The van der Waals surface area contributed by atoms with Crippen LogP contribution >= 0.6 is 11.8 Å². The number of aromatic nitrogens is 2. The summed E-state index contributed by atoms with van der Waals surface area (Å²) in [5.41, 5.74) is 4.41. The first-order valence-electron chi connectivity index (χ1n) is 11.0. The van der Waals surface area contributed by atoms with Crippen molar-refractivity contribution in [1.29, 1.82) is 0 Å². The summed E-state index contributed by atoms with van der Waals surface area (Å²) in [6.45, 7) is 2.47. The third kappa shape index (κ3) is 6.24. The normalized spacial score (nSPS) is 18.6. The summed E-state index contributed by atoms with van der Waals surface area (Å²) in [7, 11) is 0. The number of thioether (sulfide) groups is 1. The molecule has 1 amide bonds. The van der Waals surface area contributed by atoms with Crippen LogP contribution in [-0.2, 0) is 28.2 Å². The molecule has 0 aliphatic carbocycles. The minimum Gasteiger partial charge on any atom is -0.772 e. The predicted octanol–water partition coefficient (Wildman–Crippen LogP) is 3.30. The molecule has 0 saturated carbocycles. The maximum absolute atomic E-state index is 12.2. The number of H-pyrrole nitrogens is 1. The summed E-state index contributed by atoms with van der Waals surface area (Å²) in [4.78, 5) is 24.0. The van der Waals surface area contributed by atoms with E-state index in [4.69, 9.17) is 5.10 Å². The number of aromatic amines is 1. The monoisotopic (exact) mass is 510 g/mol. The highest BCUT2D eigenvalue weighted by Gasteiger charge is 2.31. The summed E-state index contributed by atoms with van der Waals surface area (Å²) in [6, 6.07) is 16.3. The Balaban J connectivity index is 1.51. The highest BCUT2D eigenvalue weighted by atomic mass is 32.2. The maximum Gasteiger partial charge on any atom is 0.273 e. The molecule has 1 aliphatic heterocycles. The number of hydrogen-bond donors (Lipinski definition) is 2. The average Bonchev–Trinajstić information content (AvgIpc) is 3.40. The number of amides is 1. The zero-order valence-corrected chi connectivity index (χ0v) is 20.6. The molecule has 2 N–H and O–H groups in total. The van der Waals surface area contributed by atoms with Gasteiger partial charge >= 0.3 is 0 Å². The summed E-state index contributed by atoms with van der Waals surface area (Å²) in [6.07, 6.45) is 3.22. The number of hydrogen-bond acceptors (Lipinski definition) is 8. The number of nitrogens with one attached hydrogen (secondary N) is 2. The molecule has 4 rings (SSSR count). The molecule has 0 bridgehead atoms. The van der Waals surface area contributed by atoms with E-state index in [0.717, 1.165) is 29.5 Å². The minimum atomic E-state index is -2.14. The van der Waals surface area contributed by atoms with Crippen molar-refractivity contribution in [3.05, 3.63) is 83.2 Å². The zero-order chi connectivity index (χ0) is 24.8. The van der Waals surface area contributed by atoms with Gasteiger partial charge in [-0.1, -0.05) is 54.4 Å². The molecule has 0 spiro atoms. The molecule has 3 unspecified atom stereocenters. The van der Waals surface area contributed by atoms with E-state index in [1.807, 2.05) is 24.3 Å². The predicted molar refractivity (Wildman–Crippen MR) is 136 cm³/mol. The Labute approximate surface area is 209 Å². The number of nitrogens with zero attached hydrogens (tertiary/aromatic N) is 3. The molecular weight excluding hydrogens is 486 g/mol. The fourth-order valence-electron chi connectivity index (χ4n) is 3.69. The van der Waals surface area contributed by atoms with Crippen LogP contribution in [0.3, 0.4) is 0 Å². The number of hydrazone groups is 1. The Hall–Kier alpha value is -3.28. The molecule has 35 heavy (non-hydrogen) atoms. The van der Waals surface area contributed by atoms with Crippen LogP contribution in [0.4, 0.5) is 5.69 Å². The van der Waals surface area contributed by atoms with E-state index < -0.39 is 16.5 Å². The number of rotatable bonds is 9. The van der Waals surface area contributed by atoms with Crippen molar-refractivity contribution >= 4 is 46.4 Å². The van der Waals surface area contributed by atoms with Gasteiger partial charge in [0.1, 0.15) is 11.1 Å². The van der Waals surface area contributed by atoms with Gasteiger partial charge in [0.2, 0.25) is 0 Å². The summed E-state index contributed by atoms with van der Waals surface area (Å²) in [5, 5.41) is 15.4. The van der Waals surface area contributed by atoms with E-state index in [1.54, 1.807) is 47.1 Å². The molecule has 3 aromatic rings. The molecule has 11 heteroatoms. The number of aldehydes is 1. The number of carbonyl (C=O) groups is 2. The van der Waals surface area contributed by atoms with Crippen molar-refractivity contribution in [2.75, 3.05) is 5.32 Å². The first-order valence-corrected chi connectivity index (χ1v) is 13.2. The lowest BCUT2D eigenvalue weighted by Crippen LogP contribution is -2.39. The fraction of sp³-hybridized carbons (Fsp3) is 0.250. The van der Waals surface area contributed by atoms with Crippen molar-refractivity contribution in [3.8, 4) is 0 Å². The van der Waals surface area contributed by atoms with Gasteiger partial charge in [0.05, 0.1) is 17.5 Å². The quantitative estimate of drug-likeness (QED) is 0.334. The number of anilines is 1. The van der Waals surface area contributed by atoms with E-state index in [9.17, 15) is 18.4 Å². The van der Waals surface area contributed by atoms with Gasteiger partial charge in [-0.05, 0) is 41.3 Å². The Morgan fingerprint density at radius 2 is 1.89 bits per heavy atom. The van der Waals surface area contributed by atoms with Crippen molar-refractivity contribution in [2.24, 2.45) is 5.10 Å². The van der Waals surface area contributed by atoms with Crippen molar-refractivity contribution in [2.45, 2.75) is 36.3 Å². The van der Waals surface area contributed by atoms with Crippen LogP contribution in [0.2, 0.25) is 0 Å². The van der Waals surface area contributed by atoms with Crippen molar-refractivity contribution in [3.63, 3.8) is 0 Å². The van der Waals surface area contributed by atoms with E-state index in [1.165, 1.54) is 6.20 Å². The van der Waals surface area contributed by atoms with Gasteiger partial charge in [-0.15, -0.1) is 11.8 Å². The highest BCUT2D eigenvalue weighted by Crippen LogP contribution is 2.32. The van der Waals surface area contributed by atoms with Crippen LogP contribution < -0.4 is 5.32 Å². The molecule has 1 aliphatic rings. The third-order valence-corrected chi connectivity index (χ3v) is 7.55. The van der Waals surface area contributed by atoms with Gasteiger partial charge in [0.15, 0.2) is 6.29 Å². The molecule has 182 valence electrons. The second kappa shape index (κ2) is 11.4. The topological polar surface area (TPSA) is 131 Å². The zero-order valence-electron chi connectivity index (χ0n) is 18.9. The largest absolute Gasteiger partial charge is 0.772 e. The van der Waals surface area contributed by atoms with E-state index in [2.05, 4.69) is 22.4 Å². The summed E-state index contributed by atoms with van der Waals surface area (Å²) < 4.78 is 22.0. The van der Waals surface area contributed by atoms with Crippen LogP contribution in [0, 0.1) is 0 Å². The Morgan fingerprint density at radius 1 is 1.17 bits per heavy atom. The molecule has 9 nitrogen and oxygen atoms in total. The van der Waals surface area contributed by atoms with Crippen LogP contribution in [-0.4, -0.2) is 52.5 Å². The Kier molecular flexibility index (Phi) is 8.11. The first kappa shape index (κ1) is 24.8. The van der Waals surface area contributed by atoms with Crippen LogP contribution in [0.25, 0.3) is 0 Å². The molecule has 2 aromatic carbocycles. The van der Waals surface area contributed by atoms with Crippen molar-refractivity contribution in [1.82, 2.24) is 15.2 Å². The second-order valence-electron chi connectivity index (χ2n) is 7.91. The molecule has 0 radical (unpaired) electrons. The first-order chi connectivity index (χ1) is 17.0. The van der Waals surface area contributed by atoms with Crippen LogP contribution in [0.15, 0.2) is 65.9 Å². The minimum absolute atomic E-state index is 0.0314. The van der Waals surface area contributed by atoms with Gasteiger partial charge < -0.3 is 14.7 Å². The molecule has 2 heterocycles. The number of carbonyl (C=O) groups excluding carboxylic acids is 2. The Bertz CT molecular complexity index is 1210. The number of benzene rings is 2. The average molecular weight is 511 g/mol. The van der Waals surface area contributed by atoms with Gasteiger partial charge in [0, 0.05) is 17.6 Å². The van der Waals surface area contributed by atoms with Gasteiger partial charge in [-0.3, -0.25) is 19.1 Å². The Morgan fingerprint density at radius 3 is 2.49 bits per heavy atom. The molecule has 3 atom stereocenters. The second-order valence-corrected chi connectivity index (χ2v) is 10.1. The lowest BCUT2D eigenvalue weighted by Gasteiger charge is -2.34. The standard InChI is InChI=1S/C24H25N5O4S2/c1-2-21-23(18-7-3-17(4-8-18)15-35(32)33)28-29(22(14-30)34-21)13-16-5-9-19(10-6-16)26-24(31)20-11-12-25-27-20/h3-12,14,21-22H,2,13,15H2,1H3,(H,25,27)(H,26,31)(H,32,33)/p-1. The lowest BCUT2D eigenvalue weighted by atomic mass is 10.0. The van der Waals surface area contributed by atoms with Gasteiger partial charge in [0.25, 0.3) is 5.91 Å². The van der Waals surface area contributed by atoms with Gasteiger partial charge in [-0.25, -0.2) is 0 Å². The SMILES string of the molecule is CCC1SC(C=O)N(Cc2ccc(NC(=O)c3ccn[nH]3)cc2)N=C1c1ccc(CS(=O)[O-])cc1. The van der Waals surface area contributed by atoms with E-state index >= 15 is 0 Å². The maximum atomic E-state index is 12.2. The van der Waals surface area contributed by atoms with Gasteiger partial charge in [-0.2, -0.15) is 10.2 Å². The molecule has 1 aromatic heterocycles. The summed E-state index contributed by atoms with van der Waals surface area (Å²) >= 11 is -0.594. The third-order valence-electron chi connectivity index (χ3n) is 5.46. The molecular formula is C24H24N5O4S2-.